The normalized spacial score (nSPS) is 11.9. The second-order valence-corrected chi connectivity index (χ2v) is 3.07. The molecule has 0 aromatic carbocycles. The van der Waals surface area contributed by atoms with Gasteiger partial charge in [0.1, 0.15) is 6.33 Å². The number of hydrogen-bond acceptors (Lipinski definition) is 2. The number of aromatic nitrogens is 2. The zero-order valence-electron chi connectivity index (χ0n) is 7.69. The Morgan fingerprint density at radius 3 is 2.69 bits per heavy atom. The van der Waals surface area contributed by atoms with Gasteiger partial charge >= 0.3 is 12.1 Å². The van der Waals surface area contributed by atoms with Crippen molar-refractivity contribution in [1.29, 1.82) is 0 Å². The Kier molecular flexibility index (Phi) is 2.11. The van der Waals surface area contributed by atoms with Gasteiger partial charge in [0.2, 0.25) is 0 Å². The molecule has 0 radical (unpaired) electrons. The fourth-order valence-corrected chi connectivity index (χ4v) is 1.44. The molecular formula is C9H5F3N2O2. The third-order valence-corrected chi connectivity index (χ3v) is 2.07. The van der Waals surface area contributed by atoms with Crippen molar-refractivity contribution in [1.82, 2.24) is 9.38 Å². The number of hydrogen-bond donors (Lipinski definition) is 1. The summed E-state index contributed by atoms with van der Waals surface area (Å²) in [6.45, 7) is 0. The third kappa shape index (κ3) is 1.50. The van der Waals surface area contributed by atoms with Crippen LogP contribution in [0.5, 0.6) is 0 Å². The summed E-state index contributed by atoms with van der Waals surface area (Å²) in [6.07, 6.45) is -2.26. The van der Waals surface area contributed by atoms with Crippen molar-refractivity contribution in [3.05, 3.63) is 35.9 Å². The number of fused-ring (bicyclic) bond motifs is 1. The minimum atomic E-state index is -4.60. The number of carbonyl (C=O) groups is 1. The summed E-state index contributed by atoms with van der Waals surface area (Å²) >= 11 is 0. The molecular weight excluding hydrogens is 225 g/mol. The van der Waals surface area contributed by atoms with E-state index in [1.807, 2.05) is 0 Å². The molecule has 0 atom stereocenters. The first-order valence-corrected chi connectivity index (χ1v) is 4.17. The molecule has 0 saturated heterocycles. The van der Waals surface area contributed by atoms with E-state index >= 15 is 0 Å². The van der Waals surface area contributed by atoms with Crippen LogP contribution in [-0.2, 0) is 6.18 Å². The van der Waals surface area contributed by atoms with Gasteiger partial charge in [-0.15, -0.1) is 0 Å². The number of pyridine rings is 1. The van der Waals surface area contributed by atoms with E-state index in [0.717, 1.165) is 16.8 Å². The zero-order valence-corrected chi connectivity index (χ0v) is 7.69. The molecule has 0 spiro atoms. The second-order valence-electron chi connectivity index (χ2n) is 3.07. The van der Waals surface area contributed by atoms with Crippen LogP contribution < -0.4 is 0 Å². The van der Waals surface area contributed by atoms with Gasteiger partial charge in [-0.25, -0.2) is 9.78 Å². The summed E-state index contributed by atoms with van der Waals surface area (Å²) in [5.74, 6) is -1.49. The largest absolute Gasteiger partial charge is 0.476 e. The molecule has 2 heterocycles. The minimum absolute atomic E-state index is 0.442. The molecule has 0 aliphatic carbocycles. The van der Waals surface area contributed by atoms with Crippen LogP contribution in [0.1, 0.15) is 16.1 Å². The van der Waals surface area contributed by atoms with Gasteiger partial charge in [0, 0.05) is 6.20 Å². The predicted molar refractivity (Wildman–Crippen MR) is 47.2 cm³/mol. The maximum Gasteiger partial charge on any atom is 0.418 e. The van der Waals surface area contributed by atoms with Crippen LogP contribution >= 0.6 is 0 Å². The van der Waals surface area contributed by atoms with Gasteiger partial charge in [0.05, 0.1) is 11.1 Å². The monoisotopic (exact) mass is 230 g/mol. The molecule has 0 fully saturated rings. The van der Waals surface area contributed by atoms with Gasteiger partial charge < -0.3 is 9.51 Å². The number of alkyl halides is 3. The highest BCUT2D eigenvalue weighted by molar-refractivity contribution is 5.94. The molecule has 0 aliphatic rings. The summed E-state index contributed by atoms with van der Waals surface area (Å²) < 4.78 is 38.8. The van der Waals surface area contributed by atoms with Crippen molar-refractivity contribution in [2.75, 3.05) is 0 Å². The molecule has 0 aliphatic heterocycles. The summed E-state index contributed by atoms with van der Waals surface area (Å²) in [7, 11) is 0. The van der Waals surface area contributed by atoms with E-state index in [2.05, 4.69) is 4.98 Å². The topological polar surface area (TPSA) is 54.6 Å². The summed E-state index contributed by atoms with van der Waals surface area (Å²) in [5.41, 5.74) is -2.06. The van der Waals surface area contributed by atoms with Gasteiger partial charge in [0.25, 0.3) is 0 Å². The lowest BCUT2D eigenvalue weighted by molar-refractivity contribution is -0.136. The van der Waals surface area contributed by atoms with Crippen molar-refractivity contribution in [3.8, 4) is 0 Å². The molecule has 0 amide bonds. The molecule has 2 rings (SSSR count). The molecule has 0 bridgehead atoms. The number of rotatable bonds is 1. The number of nitrogens with zero attached hydrogens (tertiary/aromatic N) is 2. The van der Waals surface area contributed by atoms with Gasteiger partial charge in [-0.2, -0.15) is 13.2 Å². The zero-order chi connectivity index (χ0) is 11.9. The highest BCUT2D eigenvalue weighted by Crippen LogP contribution is 2.33. The Labute approximate surface area is 87.0 Å². The number of halogens is 3. The van der Waals surface area contributed by atoms with Crippen molar-refractivity contribution < 1.29 is 23.1 Å². The number of carboxylic acids is 1. The van der Waals surface area contributed by atoms with Crippen LogP contribution in [-0.4, -0.2) is 20.5 Å². The van der Waals surface area contributed by atoms with Gasteiger partial charge in [-0.1, -0.05) is 0 Å². The Bertz CT molecular complexity index is 559. The highest BCUT2D eigenvalue weighted by Gasteiger charge is 2.35. The maximum atomic E-state index is 12.6. The van der Waals surface area contributed by atoms with Crippen molar-refractivity contribution in [2.45, 2.75) is 6.18 Å². The number of imidazole rings is 1. The molecule has 2 aromatic rings. The summed E-state index contributed by atoms with van der Waals surface area (Å²) in [4.78, 5) is 14.1. The minimum Gasteiger partial charge on any atom is -0.476 e. The summed E-state index contributed by atoms with van der Waals surface area (Å²) in [6, 6.07) is 2.01. The van der Waals surface area contributed by atoms with Crippen LogP contribution in [0.3, 0.4) is 0 Å². The van der Waals surface area contributed by atoms with Gasteiger partial charge in [0.15, 0.2) is 5.69 Å². The van der Waals surface area contributed by atoms with E-state index in [1.165, 1.54) is 12.3 Å². The van der Waals surface area contributed by atoms with Gasteiger partial charge in [-0.3, -0.25) is 0 Å². The van der Waals surface area contributed by atoms with Crippen LogP contribution in [0.15, 0.2) is 24.7 Å². The highest BCUT2D eigenvalue weighted by atomic mass is 19.4. The Hall–Kier alpha value is -2.05. The Balaban J connectivity index is 2.84. The molecule has 16 heavy (non-hydrogen) atoms. The Morgan fingerprint density at radius 1 is 1.44 bits per heavy atom. The number of aromatic carboxylic acids is 1. The lowest BCUT2D eigenvalue weighted by Gasteiger charge is -2.08. The molecule has 84 valence electrons. The quantitative estimate of drug-likeness (QED) is 0.815. The van der Waals surface area contributed by atoms with Crippen LogP contribution in [0.2, 0.25) is 0 Å². The third-order valence-electron chi connectivity index (χ3n) is 2.07. The lowest BCUT2D eigenvalue weighted by Crippen LogP contribution is -2.09. The van der Waals surface area contributed by atoms with E-state index in [1.54, 1.807) is 0 Å². The predicted octanol–water partition coefficient (Wildman–Crippen LogP) is 2.05. The van der Waals surface area contributed by atoms with E-state index in [-0.39, 0.29) is 0 Å². The smallest absolute Gasteiger partial charge is 0.418 e. The average Bonchev–Trinajstić information content (AvgIpc) is 2.58. The first-order valence-electron chi connectivity index (χ1n) is 4.17. The molecule has 2 aromatic heterocycles. The van der Waals surface area contributed by atoms with E-state index in [0.29, 0.717) is 0 Å². The van der Waals surface area contributed by atoms with Gasteiger partial charge in [-0.05, 0) is 12.1 Å². The molecule has 0 saturated carbocycles. The SMILES string of the molecule is O=C(O)c1ncn2cccc(C(F)(F)F)c12. The standard InChI is InChI=1S/C9H5F3N2O2/c10-9(11,12)5-2-1-3-14-4-13-6(7(5)14)8(15)16/h1-4H,(H,15,16). The molecule has 7 heteroatoms. The molecule has 0 unspecified atom stereocenters. The fraction of sp³-hybridized carbons (Fsp3) is 0.111. The van der Waals surface area contributed by atoms with Crippen LogP contribution in [0.4, 0.5) is 13.2 Å². The fourth-order valence-electron chi connectivity index (χ4n) is 1.44. The van der Waals surface area contributed by atoms with E-state index < -0.39 is 28.9 Å². The van der Waals surface area contributed by atoms with Crippen molar-refractivity contribution in [2.24, 2.45) is 0 Å². The Morgan fingerprint density at radius 2 is 2.12 bits per heavy atom. The molecule has 4 nitrogen and oxygen atoms in total. The second kappa shape index (κ2) is 3.22. The first-order chi connectivity index (χ1) is 7.41. The van der Waals surface area contributed by atoms with Crippen LogP contribution in [0, 0.1) is 0 Å². The number of carboxylic acid groups (broad SMARTS) is 1. The van der Waals surface area contributed by atoms with Crippen molar-refractivity contribution >= 4 is 11.5 Å². The summed E-state index contributed by atoms with van der Waals surface area (Å²) in [5, 5.41) is 8.72. The molecule has 1 N–H and O–H groups in total. The van der Waals surface area contributed by atoms with E-state index in [4.69, 9.17) is 5.11 Å². The average molecular weight is 230 g/mol. The van der Waals surface area contributed by atoms with E-state index in [9.17, 15) is 18.0 Å². The van der Waals surface area contributed by atoms with Crippen LogP contribution in [0.25, 0.3) is 5.52 Å². The van der Waals surface area contributed by atoms with Crippen molar-refractivity contribution in [3.63, 3.8) is 0 Å². The first kappa shape index (κ1) is 10.5. The lowest BCUT2D eigenvalue weighted by atomic mass is 10.2. The maximum absolute atomic E-state index is 12.6.